The van der Waals surface area contributed by atoms with Crippen LogP contribution >= 0.6 is 0 Å². The van der Waals surface area contributed by atoms with E-state index in [0.717, 1.165) is 19.3 Å². The first kappa shape index (κ1) is 15.8. The molecule has 21 heavy (non-hydrogen) atoms. The van der Waals surface area contributed by atoms with Crippen LogP contribution in [0.25, 0.3) is 0 Å². The minimum Gasteiger partial charge on any atom is -0.504 e. The molecule has 1 aliphatic rings. The summed E-state index contributed by atoms with van der Waals surface area (Å²) < 4.78 is 5.22. The molecule has 2 heteroatoms. The van der Waals surface area contributed by atoms with E-state index in [-0.39, 0.29) is 5.92 Å². The topological polar surface area (TPSA) is 26.3 Å². The van der Waals surface area contributed by atoms with E-state index < -0.39 is 0 Å². The average molecular weight is 286 g/mol. The van der Waals surface area contributed by atoms with Gasteiger partial charge in [-0.1, -0.05) is 36.8 Å². The standard InChI is InChI=1S/C19H26O2/c1-15(20)19(12-16-8-4-3-5-9-16)13-17-10-6-7-11-18(17)14-21-2/h3-5,8-9,14,17,19H,6-7,10-13H2,1-2H3/b18-14-/t17-,19-/m0/s1. The second kappa shape index (κ2) is 8.02. The maximum atomic E-state index is 12.0. The molecule has 0 spiro atoms. The predicted molar refractivity (Wildman–Crippen MR) is 86.0 cm³/mol. The van der Waals surface area contributed by atoms with Gasteiger partial charge < -0.3 is 4.74 Å². The molecule has 2 atom stereocenters. The van der Waals surface area contributed by atoms with Gasteiger partial charge in [-0.05, 0) is 56.1 Å². The van der Waals surface area contributed by atoms with Crippen molar-refractivity contribution in [2.24, 2.45) is 11.8 Å². The van der Waals surface area contributed by atoms with Crippen LogP contribution in [0, 0.1) is 11.8 Å². The average Bonchev–Trinajstić information content (AvgIpc) is 2.49. The molecule has 0 amide bonds. The number of allylic oxidation sites excluding steroid dienone is 1. The molecule has 1 fully saturated rings. The monoisotopic (exact) mass is 286 g/mol. The molecule has 0 radical (unpaired) electrons. The van der Waals surface area contributed by atoms with Crippen molar-refractivity contribution in [3.63, 3.8) is 0 Å². The van der Waals surface area contributed by atoms with E-state index in [1.807, 2.05) is 24.5 Å². The van der Waals surface area contributed by atoms with E-state index >= 15 is 0 Å². The number of hydrogen-bond acceptors (Lipinski definition) is 2. The molecule has 0 saturated heterocycles. The van der Waals surface area contributed by atoms with Gasteiger partial charge in [-0.3, -0.25) is 4.79 Å². The lowest BCUT2D eigenvalue weighted by molar-refractivity contribution is -0.121. The van der Waals surface area contributed by atoms with E-state index in [0.29, 0.717) is 11.7 Å². The lowest BCUT2D eigenvalue weighted by atomic mass is 9.77. The maximum absolute atomic E-state index is 12.0. The molecule has 1 saturated carbocycles. The second-order valence-corrected chi connectivity index (χ2v) is 6.10. The van der Waals surface area contributed by atoms with E-state index in [2.05, 4.69) is 12.1 Å². The van der Waals surface area contributed by atoms with Crippen LogP contribution < -0.4 is 0 Å². The summed E-state index contributed by atoms with van der Waals surface area (Å²) in [4.78, 5) is 12.0. The second-order valence-electron chi connectivity index (χ2n) is 6.10. The number of carbonyl (C=O) groups excluding carboxylic acids is 1. The summed E-state index contributed by atoms with van der Waals surface area (Å²) in [5, 5.41) is 0. The van der Waals surface area contributed by atoms with Gasteiger partial charge in [-0.25, -0.2) is 0 Å². The largest absolute Gasteiger partial charge is 0.504 e. The highest BCUT2D eigenvalue weighted by atomic mass is 16.5. The molecular formula is C19H26O2. The third-order valence-corrected chi connectivity index (χ3v) is 4.53. The fourth-order valence-electron chi connectivity index (χ4n) is 3.32. The smallest absolute Gasteiger partial charge is 0.133 e. The highest BCUT2D eigenvalue weighted by Gasteiger charge is 2.25. The molecule has 0 N–H and O–H groups in total. The highest BCUT2D eigenvalue weighted by Crippen LogP contribution is 2.35. The Morgan fingerprint density at radius 1 is 1.33 bits per heavy atom. The van der Waals surface area contributed by atoms with Crippen LogP contribution in [-0.2, 0) is 16.0 Å². The molecular weight excluding hydrogens is 260 g/mol. The number of ether oxygens (including phenoxy) is 1. The molecule has 1 aromatic carbocycles. The molecule has 0 aromatic heterocycles. The molecule has 2 nitrogen and oxygen atoms in total. The van der Waals surface area contributed by atoms with Crippen LogP contribution in [-0.4, -0.2) is 12.9 Å². The number of ketones is 1. The van der Waals surface area contributed by atoms with Crippen LogP contribution in [0.1, 0.15) is 44.6 Å². The number of benzene rings is 1. The number of hydrogen-bond donors (Lipinski definition) is 0. The SMILES string of the molecule is CO/C=C1/CCCC[C@H]1C[C@H](Cc1ccccc1)C(C)=O. The van der Waals surface area contributed by atoms with Crippen molar-refractivity contribution in [2.75, 3.05) is 7.11 Å². The summed E-state index contributed by atoms with van der Waals surface area (Å²) >= 11 is 0. The van der Waals surface area contributed by atoms with Crippen LogP contribution in [0.4, 0.5) is 0 Å². The lowest BCUT2D eigenvalue weighted by Crippen LogP contribution is -2.21. The summed E-state index contributed by atoms with van der Waals surface area (Å²) in [6.07, 6.45) is 8.54. The van der Waals surface area contributed by atoms with Crippen LogP contribution in [0.2, 0.25) is 0 Å². The Labute approximate surface area is 128 Å². The van der Waals surface area contributed by atoms with Crippen molar-refractivity contribution < 1.29 is 9.53 Å². The van der Waals surface area contributed by atoms with Crippen molar-refractivity contribution in [1.29, 1.82) is 0 Å². The first-order chi connectivity index (χ1) is 10.2. The van der Waals surface area contributed by atoms with Crippen molar-refractivity contribution in [1.82, 2.24) is 0 Å². The molecule has 1 aromatic rings. The van der Waals surface area contributed by atoms with Gasteiger partial charge in [0.05, 0.1) is 13.4 Å². The quantitative estimate of drug-likeness (QED) is 0.717. The van der Waals surface area contributed by atoms with Crippen molar-refractivity contribution in [3.8, 4) is 0 Å². The lowest BCUT2D eigenvalue weighted by Gasteiger charge is -2.28. The molecule has 0 unspecified atom stereocenters. The summed E-state index contributed by atoms with van der Waals surface area (Å²) in [5.74, 6) is 0.938. The molecule has 114 valence electrons. The zero-order valence-electron chi connectivity index (χ0n) is 13.2. The van der Waals surface area contributed by atoms with Gasteiger partial charge in [-0.15, -0.1) is 0 Å². The van der Waals surface area contributed by atoms with E-state index in [1.165, 1.54) is 30.4 Å². The summed E-state index contributed by atoms with van der Waals surface area (Å²) in [5.41, 5.74) is 2.65. The van der Waals surface area contributed by atoms with E-state index in [4.69, 9.17) is 4.74 Å². The Hall–Kier alpha value is -1.57. The minimum absolute atomic E-state index is 0.121. The third kappa shape index (κ3) is 4.73. The van der Waals surface area contributed by atoms with E-state index in [9.17, 15) is 4.79 Å². The Bertz CT molecular complexity index is 476. The minimum atomic E-state index is 0.121. The zero-order valence-corrected chi connectivity index (χ0v) is 13.2. The van der Waals surface area contributed by atoms with Gasteiger partial charge in [-0.2, -0.15) is 0 Å². The van der Waals surface area contributed by atoms with Gasteiger partial charge >= 0.3 is 0 Å². The third-order valence-electron chi connectivity index (χ3n) is 4.53. The van der Waals surface area contributed by atoms with Crippen molar-refractivity contribution in [3.05, 3.63) is 47.7 Å². The fourth-order valence-corrected chi connectivity index (χ4v) is 3.32. The molecule has 0 heterocycles. The van der Waals surface area contributed by atoms with Gasteiger partial charge in [0.25, 0.3) is 0 Å². The predicted octanol–water partition coefficient (Wildman–Crippen LogP) is 4.54. The molecule has 1 aliphatic carbocycles. The number of carbonyl (C=O) groups is 1. The van der Waals surface area contributed by atoms with E-state index in [1.54, 1.807) is 14.0 Å². The van der Waals surface area contributed by atoms with Gasteiger partial charge in [0.1, 0.15) is 5.78 Å². The van der Waals surface area contributed by atoms with Gasteiger partial charge in [0.15, 0.2) is 0 Å². The normalized spacial score (nSPS) is 22.0. The Balaban J connectivity index is 2.05. The number of methoxy groups -OCH3 is 1. The first-order valence-corrected chi connectivity index (χ1v) is 7.96. The van der Waals surface area contributed by atoms with Crippen molar-refractivity contribution in [2.45, 2.75) is 45.4 Å². The number of rotatable bonds is 6. The Morgan fingerprint density at radius 2 is 2.10 bits per heavy atom. The Kier molecular flexibility index (Phi) is 6.04. The highest BCUT2D eigenvalue weighted by molar-refractivity contribution is 5.78. The van der Waals surface area contributed by atoms with Gasteiger partial charge in [0.2, 0.25) is 0 Å². The van der Waals surface area contributed by atoms with Crippen LogP contribution in [0.3, 0.4) is 0 Å². The van der Waals surface area contributed by atoms with Gasteiger partial charge in [0, 0.05) is 5.92 Å². The van der Waals surface area contributed by atoms with Crippen LogP contribution in [0.5, 0.6) is 0 Å². The Morgan fingerprint density at radius 3 is 2.76 bits per heavy atom. The summed E-state index contributed by atoms with van der Waals surface area (Å²) in [7, 11) is 1.71. The maximum Gasteiger partial charge on any atom is 0.133 e. The fraction of sp³-hybridized carbons (Fsp3) is 0.526. The van der Waals surface area contributed by atoms with Crippen LogP contribution in [0.15, 0.2) is 42.2 Å². The van der Waals surface area contributed by atoms with Crippen molar-refractivity contribution >= 4 is 5.78 Å². The molecule has 2 rings (SSSR count). The first-order valence-electron chi connectivity index (χ1n) is 7.96. The summed E-state index contributed by atoms with van der Waals surface area (Å²) in [6.45, 7) is 1.73. The molecule has 0 bridgehead atoms. The zero-order chi connectivity index (χ0) is 15.1. The summed E-state index contributed by atoms with van der Waals surface area (Å²) in [6, 6.07) is 10.3. The number of Topliss-reactive ketones (excluding diaryl/α,β-unsaturated/α-hetero) is 1. The molecule has 0 aliphatic heterocycles.